The average molecular weight is 263 g/mol. The van der Waals surface area contributed by atoms with Crippen LogP contribution in [0.1, 0.15) is 37.7 Å². The van der Waals surface area contributed by atoms with Crippen molar-refractivity contribution < 1.29 is 9.47 Å². The van der Waals surface area contributed by atoms with Crippen molar-refractivity contribution in [2.24, 2.45) is 5.73 Å². The van der Waals surface area contributed by atoms with Crippen molar-refractivity contribution in [3.8, 4) is 5.75 Å². The fourth-order valence-electron chi connectivity index (χ4n) is 2.78. The Kier molecular flexibility index (Phi) is 5.23. The van der Waals surface area contributed by atoms with E-state index in [1.807, 2.05) is 12.1 Å². The Morgan fingerprint density at radius 1 is 1.11 bits per heavy atom. The topological polar surface area (TPSA) is 44.5 Å². The van der Waals surface area contributed by atoms with Gasteiger partial charge < -0.3 is 15.2 Å². The molecule has 0 unspecified atom stereocenters. The summed E-state index contributed by atoms with van der Waals surface area (Å²) in [5.41, 5.74) is 7.14. The number of hydrogen-bond acceptors (Lipinski definition) is 3. The van der Waals surface area contributed by atoms with Gasteiger partial charge in [0.25, 0.3) is 0 Å². The van der Waals surface area contributed by atoms with Gasteiger partial charge in [0.1, 0.15) is 5.75 Å². The summed E-state index contributed by atoms with van der Waals surface area (Å²) in [5, 5.41) is 0. The second-order valence-corrected chi connectivity index (χ2v) is 5.39. The highest BCUT2D eigenvalue weighted by Crippen LogP contribution is 2.30. The third kappa shape index (κ3) is 3.95. The molecule has 0 amide bonds. The molecular formula is C16H25NO2. The van der Waals surface area contributed by atoms with Gasteiger partial charge in [-0.25, -0.2) is 0 Å². The SMILES string of the molecule is COc1ccc(CCOC2(CN)CCCCC2)cc1. The predicted molar refractivity (Wildman–Crippen MR) is 77.5 cm³/mol. The fourth-order valence-corrected chi connectivity index (χ4v) is 2.78. The molecular weight excluding hydrogens is 238 g/mol. The fraction of sp³-hybridized carbons (Fsp3) is 0.625. The average Bonchev–Trinajstić information content (AvgIpc) is 2.49. The predicted octanol–water partition coefficient (Wildman–Crippen LogP) is 2.92. The third-order valence-electron chi connectivity index (χ3n) is 4.09. The molecule has 0 saturated heterocycles. The van der Waals surface area contributed by atoms with Gasteiger partial charge in [0.05, 0.1) is 19.3 Å². The van der Waals surface area contributed by atoms with E-state index in [9.17, 15) is 0 Å². The molecule has 0 aliphatic heterocycles. The van der Waals surface area contributed by atoms with Crippen LogP contribution in [0.3, 0.4) is 0 Å². The zero-order valence-electron chi connectivity index (χ0n) is 11.9. The van der Waals surface area contributed by atoms with E-state index in [4.69, 9.17) is 15.2 Å². The van der Waals surface area contributed by atoms with E-state index < -0.39 is 0 Å². The highest BCUT2D eigenvalue weighted by molar-refractivity contribution is 5.27. The van der Waals surface area contributed by atoms with Crippen molar-refractivity contribution in [1.82, 2.24) is 0 Å². The summed E-state index contributed by atoms with van der Waals surface area (Å²) in [4.78, 5) is 0. The lowest BCUT2D eigenvalue weighted by atomic mass is 9.84. The van der Waals surface area contributed by atoms with E-state index in [0.717, 1.165) is 31.6 Å². The van der Waals surface area contributed by atoms with Gasteiger partial charge in [-0.1, -0.05) is 31.4 Å². The minimum Gasteiger partial charge on any atom is -0.497 e. The van der Waals surface area contributed by atoms with Crippen molar-refractivity contribution in [3.63, 3.8) is 0 Å². The Morgan fingerprint density at radius 3 is 2.37 bits per heavy atom. The molecule has 2 rings (SSSR count). The first kappa shape index (κ1) is 14.4. The number of nitrogens with two attached hydrogens (primary N) is 1. The monoisotopic (exact) mass is 263 g/mol. The van der Waals surface area contributed by atoms with Crippen LogP contribution in [0.25, 0.3) is 0 Å². The third-order valence-corrected chi connectivity index (χ3v) is 4.09. The second-order valence-electron chi connectivity index (χ2n) is 5.39. The summed E-state index contributed by atoms with van der Waals surface area (Å²) in [6.45, 7) is 1.40. The van der Waals surface area contributed by atoms with Crippen molar-refractivity contribution >= 4 is 0 Å². The minimum atomic E-state index is -0.0509. The number of hydrogen-bond donors (Lipinski definition) is 1. The molecule has 2 N–H and O–H groups in total. The molecule has 1 fully saturated rings. The molecule has 3 heteroatoms. The van der Waals surface area contributed by atoms with Crippen LogP contribution >= 0.6 is 0 Å². The van der Waals surface area contributed by atoms with Gasteiger partial charge in [0.15, 0.2) is 0 Å². The Labute approximate surface area is 116 Å². The van der Waals surface area contributed by atoms with Gasteiger partial charge in [-0.05, 0) is 37.0 Å². The zero-order chi connectivity index (χ0) is 13.6. The van der Waals surface area contributed by atoms with Gasteiger partial charge in [0, 0.05) is 6.54 Å². The Bertz CT molecular complexity index is 369. The lowest BCUT2D eigenvalue weighted by Gasteiger charge is -2.36. The Morgan fingerprint density at radius 2 is 1.79 bits per heavy atom. The van der Waals surface area contributed by atoms with E-state index in [2.05, 4.69) is 12.1 Å². The molecule has 1 saturated carbocycles. The van der Waals surface area contributed by atoms with E-state index in [-0.39, 0.29) is 5.60 Å². The van der Waals surface area contributed by atoms with Crippen LogP contribution in [0.15, 0.2) is 24.3 Å². The smallest absolute Gasteiger partial charge is 0.118 e. The summed E-state index contributed by atoms with van der Waals surface area (Å²) in [6.07, 6.45) is 6.99. The van der Waals surface area contributed by atoms with E-state index in [0.29, 0.717) is 6.54 Å². The number of ether oxygens (including phenoxy) is 2. The second kappa shape index (κ2) is 6.92. The molecule has 1 aliphatic carbocycles. The first-order valence-corrected chi connectivity index (χ1v) is 7.25. The van der Waals surface area contributed by atoms with Crippen LogP contribution in [-0.4, -0.2) is 25.9 Å². The van der Waals surface area contributed by atoms with Gasteiger partial charge in [-0.3, -0.25) is 0 Å². The van der Waals surface area contributed by atoms with Gasteiger partial charge in [-0.2, -0.15) is 0 Å². The number of benzene rings is 1. The van der Waals surface area contributed by atoms with Crippen molar-refractivity contribution in [2.45, 2.75) is 44.1 Å². The first-order valence-electron chi connectivity index (χ1n) is 7.25. The van der Waals surface area contributed by atoms with Crippen molar-refractivity contribution in [1.29, 1.82) is 0 Å². The molecule has 106 valence electrons. The van der Waals surface area contributed by atoms with Crippen LogP contribution in [-0.2, 0) is 11.2 Å². The molecule has 0 spiro atoms. The molecule has 1 aromatic rings. The van der Waals surface area contributed by atoms with E-state index in [1.54, 1.807) is 7.11 Å². The highest BCUT2D eigenvalue weighted by atomic mass is 16.5. The van der Waals surface area contributed by atoms with Gasteiger partial charge >= 0.3 is 0 Å². The van der Waals surface area contributed by atoms with Crippen LogP contribution < -0.4 is 10.5 Å². The van der Waals surface area contributed by atoms with Gasteiger partial charge in [-0.15, -0.1) is 0 Å². The van der Waals surface area contributed by atoms with Crippen molar-refractivity contribution in [2.75, 3.05) is 20.3 Å². The maximum Gasteiger partial charge on any atom is 0.118 e. The molecule has 1 aliphatic rings. The maximum absolute atomic E-state index is 6.12. The minimum absolute atomic E-state index is 0.0509. The van der Waals surface area contributed by atoms with E-state index >= 15 is 0 Å². The van der Waals surface area contributed by atoms with Crippen LogP contribution in [0.4, 0.5) is 0 Å². The zero-order valence-corrected chi connectivity index (χ0v) is 11.9. The normalized spacial score (nSPS) is 18.2. The summed E-state index contributed by atoms with van der Waals surface area (Å²) in [5.74, 6) is 0.898. The summed E-state index contributed by atoms with van der Waals surface area (Å²) >= 11 is 0. The molecule has 0 aromatic heterocycles. The Balaban J connectivity index is 1.81. The quantitative estimate of drug-likeness (QED) is 0.858. The summed E-state index contributed by atoms with van der Waals surface area (Å²) < 4.78 is 11.3. The van der Waals surface area contributed by atoms with Crippen LogP contribution in [0.2, 0.25) is 0 Å². The summed E-state index contributed by atoms with van der Waals surface area (Å²) in [6, 6.07) is 8.18. The number of rotatable bonds is 6. The molecule has 0 atom stereocenters. The van der Waals surface area contributed by atoms with Gasteiger partial charge in [0.2, 0.25) is 0 Å². The van der Waals surface area contributed by atoms with Crippen LogP contribution in [0, 0.1) is 0 Å². The maximum atomic E-state index is 6.12. The molecule has 0 bridgehead atoms. The molecule has 3 nitrogen and oxygen atoms in total. The first-order chi connectivity index (χ1) is 9.28. The highest BCUT2D eigenvalue weighted by Gasteiger charge is 2.31. The largest absolute Gasteiger partial charge is 0.497 e. The molecule has 0 heterocycles. The van der Waals surface area contributed by atoms with Crippen LogP contribution in [0.5, 0.6) is 5.75 Å². The lowest BCUT2D eigenvalue weighted by molar-refractivity contribution is -0.0618. The summed E-state index contributed by atoms with van der Waals surface area (Å²) in [7, 11) is 1.69. The van der Waals surface area contributed by atoms with Crippen molar-refractivity contribution in [3.05, 3.63) is 29.8 Å². The molecule has 19 heavy (non-hydrogen) atoms. The standard InChI is InChI=1S/C16H25NO2/c1-18-15-7-5-14(6-8-15)9-12-19-16(13-17)10-3-2-4-11-16/h5-8H,2-4,9-13,17H2,1H3. The molecule has 1 aromatic carbocycles. The number of methoxy groups -OCH3 is 1. The lowest BCUT2D eigenvalue weighted by Crippen LogP contribution is -2.43. The van der Waals surface area contributed by atoms with E-state index in [1.165, 1.54) is 24.8 Å². The molecule has 0 radical (unpaired) electrons. The Hall–Kier alpha value is -1.06.